The third-order valence-corrected chi connectivity index (χ3v) is 6.05. The molecule has 11 heteroatoms. The summed E-state index contributed by atoms with van der Waals surface area (Å²) in [6.07, 6.45) is 0.300. The normalized spacial score (nSPS) is 14.2. The van der Waals surface area contributed by atoms with Crippen molar-refractivity contribution in [3.63, 3.8) is 0 Å². The zero-order chi connectivity index (χ0) is 27.5. The van der Waals surface area contributed by atoms with Crippen molar-refractivity contribution >= 4 is 36.3 Å². The van der Waals surface area contributed by atoms with E-state index in [0.717, 1.165) is 11.1 Å². The van der Waals surface area contributed by atoms with Crippen molar-refractivity contribution in [3.8, 4) is 5.75 Å². The Hall–Kier alpha value is -3.57. The number of carboxylic acid groups (broad SMARTS) is 1. The Balaban J connectivity index is 2.14. The summed E-state index contributed by atoms with van der Waals surface area (Å²) in [5, 5.41) is 26.4. The van der Waals surface area contributed by atoms with Crippen molar-refractivity contribution in [2.24, 2.45) is 11.7 Å². The number of carboxylic acids is 1. The summed E-state index contributed by atoms with van der Waals surface area (Å²) in [4.78, 5) is 50.3. The van der Waals surface area contributed by atoms with E-state index in [4.69, 9.17) is 5.73 Å². The molecule has 4 atom stereocenters. The highest BCUT2D eigenvalue weighted by Gasteiger charge is 2.31. The first-order chi connectivity index (χ1) is 17.5. The highest BCUT2D eigenvalue weighted by atomic mass is 32.1. The molecule has 37 heavy (non-hydrogen) atoms. The number of nitrogens with one attached hydrogen (secondary N) is 3. The van der Waals surface area contributed by atoms with Gasteiger partial charge in [-0.3, -0.25) is 14.4 Å². The number of nitrogens with two attached hydrogens (primary N) is 1. The van der Waals surface area contributed by atoms with Crippen molar-refractivity contribution in [1.82, 2.24) is 16.0 Å². The van der Waals surface area contributed by atoms with Crippen LogP contribution in [0.2, 0.25) is 0 Å². The van der Waals surface area contributed by atoms with Crippen molar-refractivity contribution in [2.45, 2.75) is 50.9 Å². The smallest absolute Gasteiger partial charge is 0.327 e. The van der Waals surface area contributed by atoms with Gasteiger partial charge in [-0.15, -0.1) is 0 Å². The number of benzene rings is 2. The van der Waals surface area contributed by atoms with Gasteiger partial charge in [0.2, 0.25) is 17.7 Å². The van der Waals surface area contributed by atoms with E-state index in [0.29, 0.717) is 0 Å². The van der Waals surface area contributed by atoms with Crippen molar-refractivity contribution in [3.05, 3.63) is 65.7 Å². The highest BCUT2D eigenvalue weighted by Crippen LogP contribution is 2.12. The molecule has 2 aromatic rings. The second-order valence-electron chi connectivity index (χ2n) is 9.04. The van der Waals surface area contributed by atoms with E-state index in [9.17, 15) is 29.4 Å². The van der Waals surface area contributed by atoms with Gasteiger partial charge in [-0.2, -0.15) is 12.6 Å². The topological polar surface area (TPSA) is 171 Å². The molecular weight excluding hydrogens is 496 g/mol. The molecule has 0 aliphatic rings. The molecule has 0 aliphatic heterocycles. The van der Waals surface area contributed by atoms with Gasteiger partial charge in [0.15, 0.2) is 0 Å². The molecule has 0 bridgehead atoms. The fraction of sp³-hybridized carbons (Fsp3) is 0.385. The van der Waals surface area contributed by atoms with Gasteiger partial charge in [-0.25, -0.2) is 4.79 Å². The van der Waals surface area contributed by atoms with Gasteiger partial charge in [0, 0.05) is 12.2 Å². The van der Waals surface area contributed by atoms with E-state index in [1.165, 1.54) is 12.1 Å². The lowest BCUT2D eigenvalue weighted by molar-refractivity contribution is -0.141. The number of thiol groups is 1. The number of carbonyl (C=O) groups excluding carboxylic acids is 3. The standard InChI is InChI=1S/C26H34N4O6S/c1-15(2)22(30-23(32)19(27)12-17-8-10-18(31)11-9-17)25(34)28-20(13-16-6-4-3-5-7-16)24(33)29-21(14-37)26(35)36/h3-11,15,19-22,31,37H,12-14,27H2,1-2H3,(H,28,34)(H,29,33)(H,30,32)(H,35,36). The van der Waals surface area contributed by atoms with Crippen molar-refractivity contribution in [2.75, 3.05) is 5.75 Å². The Morgan fingerprint density at radius 1 is 0.811 bits per heavy atom. The average Bonchev–Trinajstić information content (AvgIpc) is 2.86. The van der Waals surface area contributed by atoms with Crippen LogP contribution >= 0.6 is 12.6 Å². The Bertz CT molecular complexity index is 1060. The van der Waals surface area contributed by atoms with E-state index in [-0.39, 0.29) is 30.3 Å². The van der Waals surface area contributed by atoms with E-state index in [1.807, 2.05) is 6.07 Å². The molecule has 0 saturated carbocycles. The molecule has 0 radical (unpaired) electrons. The van der Waals surface area contributed by atoms with E-state index >= 15 is 0 Å². The van der Waals surface area contributed by atoms with Crippen LogP contribution in [0.25, 0.3) is 0 Å². The van der Waals surface area contributed by atoms with Crippen LogP contribution in [-0.4, -0.2) is 63.8 Å². The summed E-state index contributed by atoms with van der Waals surface area (Å²) in [5.41, 5.74) is 7.54. The van der Waals surface area contributed by atoms with Gasteiger partial charge < -0.3 is 31.9 Å². The average molecular weight is 531 g/mol. The number of hydrogen-bond donors (Lipinski definition) is 7. The largest absolute Gasteiger partial charge is 0.508 e. The van der Waals surface area contributed by atoms with Crippen LogP contribution in [0.15, 0.2) is 54.6 Å². The number of aromatic hydroxyl groups is 1. The van der Waals surface area contributed by atoms with Crippen LogP contribution in [0.4, 0.5) is 0 Å². The lowest BCUT2D eigenvalue weighted by atomic mass is 9.99. The molecule has 200 valence electrons. The Kier molecular flexibility index (Phi) is 11.4. The fourth-order valence-corrected chi connectivity index (χ4v) is 3.80. The SMILES string of the molecule is CC(C)C(NC(=O)C(N)Cc1ccc(O)cc1)C(=O)NC(Cc1ccccc1)C(=O)NC(CS)C(=O)O. The summed E-state index contributed by atoms with van der Waals surface area (Å²) < 4.78 is 0. The van der Waals surface area contributed by atoms with Gasteiger partial charge in [0.25, 0.3) is 0 Å². The maximum Gasteiger partial charge on any atom is 0.327 e. The molecule has 0 aromatic heterocycles. The second kappa shape index (κ2) is 14.2. The summed E-state index contributed by atoms with van der Waals surface area (Å²) in [6, 6.07) is 10.9. The van der Waals surface area contributed by atoms with Crippen molar-refractivity contribution in [1.29, 1.82) is 0 Å². The molecule has 0 saturated heterocycles. The quantitative estimate of drug-likeness (QED) is 0.186. The molecule has 7 N–H and O–H groups in total. The summed E-state index contributed by atoms with van der Waals surface area (Å²) in [6.45, 7) is 3.48. The Morgan fingerprint density at radius 2 is 1.38 bits per heavy atom. The molecule has 4 unspecified atom stereocenters. The van der Waals surface area contributed by atoms with E-state index < -0.39 is 47.9 Å². The van der Waals surface area contributed by atoms with Crippen LogP contribution in [0, 0.1) is 5.92 Å². The number of phenols is 1. The van der Waals surface area contributed by atoms with Crippen LogP contribution in [0.3, 0.4) is 0 Å². The molecule has 10 nitrogen and oxygen atoms in total. The van der Waals surface area contributed by atoms with Gasteiger partial charge >= 0.3 is 5.97 Å². The number of rotatable bonds is 13. The minimum absolute atomic E-state index is 0.0939. The van der Waals surface area contributed by atoms with Gasteiger partial charge in [-0.05, 0) is 35.6 Å². The maximum atomic E-state index is 13.2. The van der Waals surface area contributed by atoms with Gasteiger partial charge in [0.1, 0.15) is 23.9 Å². The molecule has 3 amide bonds. The van der Waals surface area contributed by atoms with Gasteiger partial charge in [0.05, 0.1) is 6.04 Å². The first-order valence-electron chi connectivity index (χ1n) is 11.8. The summed E-state index contributed by atoms with van der Waals surface area (Å²) >= 11 is 3.97. The van der Waals surface area contributed by atoms with E-state index in [1.54, 1.807) is 50.2 Å². The Morgan fingerprint density at radius 3 is 1.92 bits per heavy atom. The molecular formula is C26H34N4O6S. The van der Waals surface area contributed by atoms with Crippen LogP contribution in [-0.2, 0) is 32.0 Å². The number of amides is 3. The first kappa shape index (κ1) is 29.7. The number of carbonyl (C=O) groups is 4. The predicted molar refractivity (Wildman–Crippen MR) is 142 cm³/mol. The minimum Gasteiger partial charge on any atom is -0.508 e. The lowest BCUT2D eigenvalue weighted by Crippen LogP contribution is -2.59. The van der Waals surface area contributed by atoms with Gasteiger partial charge in [-0.1, -0.05) is 56.3 Å². The lowest BCUT2D eigenvalue weighted by Gasteiger charge is -2.27. The minimum atomic E-state index is -1.25. The molecule has 0 spiro atoms. The predicted octanol–water partition coefficient (Wildman–Crippen LogP) is 0.630. The third kappa shape index (κ3) is 9.43. The highest BCUT2D eigenvalue weighted by molar-refractivity contribution is 7.80. The first-order valence-corrected chi connectivity index (χ1v) is 12.5. The fourth-order valence-electron chi connectivity index (χ4n) is 3.55. The Labute approximate surface area is 221 Å². The van der Waals surface area contributed by atoms with Crippen LogP contribution in [0.1, 0.15) is 25.0 Å². The zero-order valence-electron chi connectivity index (χ0n) is 20.8. The molecule has 2 aromatic carbocycles. The van der Waals surface area contributed by atoms with Crippen molar-refractivity contribution < 1.29 is 29.4 Å². The van der Waals surface area contributed by atoms with Crippen LogP contribution in [0.5, 0.6) is 5.75 Å². The molecule has 0 heterocycles. The molecule has 0 fully saturated rings. The number of hydrogen-bond acceptors (Lipinski definition) is 7. The van der Waals surface area contributed by atoms with E-state index in [2.05, 4.69) is 28.6 Å². The molecule has 2 rings (SSSR count). The summed E-state index contributed by atoms with van der Waals surface area (Å²) in [7, 11) is 0. The number of aliphatic carboxylic acids is 1. The maximum absolute atomic E-state index is 13.2. The summed E-state index contributed by atoms with van der Waals surface area (Å²) in [5.74, 6) is -3.46. The monoisotopic (exact) mass is 530 g/mol. The third-order valence-electron chi connectivity index (χ3n) is 5.69. The van der Waals surface area contributed by atoms with Crippen LogP contribution < -0.4 is 21.7 Å². The second-order valence-corrected chi connectivity index (χ2v) is 9.41. The number of phenolic OH excluding ortho intramolecular Hbond substituents is 1. The molecule has 0 aliphatic carbocycles. The zero-order valence-corrected chi connectivity index (χ0v) is 21.7.